The average molecular weight is 320 g/mol. The molecule has 3 heteroatoms. The summed E-state index contributed by atoms with van der Waals surface area (Å²) in [7, 11) is 0. The number of hydrogen-bond acceptors (Lipinski definition) is 2. The molecule has 0 radical (unpaired) electrons. The van der Waals surface area contributed by atoms with E-state index in [1.54, 1.807) is 0 Å². The van der Waals surface area contributed by atoms with E-state index in [-0.39, 0.29) is 11.9 Å². The fourth-order valence-electron chi connectivity index (χ4n) is 4.65. The molecule has 2 aliphatic rings. The van der Waals surface area contributed by atoms with Crippen LogP contribution in [-0.2, 0) is 0 Å². The number of rotatable bonds is 3. The molecule has 1 saturated carbocycles. The minimum atomic E-state index is 0.138. The van der Waals surface area contributed by atoms with Crippen molar-refractivity contribution in [2.45, 2.75) is 25.3 Å². The van der Waals surface area contributed by atoms with Crippen LogP contribution >= 0.6 is 0 Å². The van der Waals surface area contributed by atoms with Crippen LogP contribution in [0.4, 0.5) is 0 Å². The fourth-order valence-corrected chi connectivity index (χ4v) is 4.65. The largest absolute Gasteiger partial charge is 0.334 e. The van der Waals surface area contributed by atoms with Gasteiger partial charge in [0.15, 0.2) is 0 Å². The lowest BCUT2D eigenvalue weighted by Crippen LogP contribution is -2.42. The molecule has 0 spiro atoms. The van der Waals surface area contributed by atoms with Crippen LogP contribution in [0.25, 0.3) is 11.1 Å². The third-order valence-electron chi connectivity index (χ3n) is 5.79. The molecule has 0 unspecified atom stereocenters. The van der Waals surface area contributed by atoms with Gasteiger partial charge in [-0.3, -0.25) is 4.79 Å². The number of amides is 1. The molecule has 3 nitrogen and oxygen atoms in total. The number of nitrogens with two attached hydrogens (primary N) is 1. The summed E-state index contributed by atoms with van der Waals surface area (Å²) in [5.41, 5.74) is 8.94. The third-order valence-corrected chi connectivity index (χ3v) is 5.79. The maximum Gasteiger partial charge on any atom is 0.254 e. The highest BCUT2D eigenvalue weighted by atomic mass is 16.2. The molecule has 1 saturated heterocycles. The first kappa shape index (κ1) is 15.4. The van der Waals surface area contributed by atoms with Crippen LogP contribution in [0, 0.1) is 11.8 Å². The number of likely N-dealkylation sites (tertiary alicyclic amines) is 1. The van der Waals surface area contributed by atoms with Crippen molar-refractivity contribution in [3.05, 3.63) is 60.2 Å². The van der Waals surface area contributed by atoms with E-state index in [9.17, 15) is 4.79 Å². The van der Waals surface area contributed by atoms with Gasteiger partial charge in [0.25, 0.3) is 5.91 Å². The van der Waals surface area contributed by atoms with Crippen LogP contribution in [0.2, 0.25) is 0 Å². The van der Waals surface area contributed by atoms with Gasteiger partial charge in [-0.15, -0.1) is 0 Å². The van der Waals surface area contributed by atoms with Crippen LogP contribution in [-0.4, -0.2) is 29.9 Å². The Hall–Kier alpha value is -2.13. The molecule has 2 fully saturated rings. The molecule has 2 aromatic rings. The molecule has 2 aromatic carbocycles. The van der Waals surface area contributed by atoms with Gasteiger partial charge in [-0.25, -0.2) is 0 Å². The van der Waals surface area contributed by atoms with Crippen molar-refractivity contribution in [3.63, 3.8) is 0 Å². The van der Waals surface area contributed by atoms with Crippen molar-refractivity contribution in [2.75, 3.05) is 13.1 Å². The molecule has 1 heterocycles. The van der Waals surface area contributed by atoms with Crippen molar-refractivity contribution in [3.8, 4) is 11.1 Å². The average Bonchev–Trinajstić information content (AvgIpc) is 3.22. The Balaban J connectivity index is 1.68. The lowest BCUT2D eigenvalue weighted by molar-refractivity contribution is 0.0719. The highest BCUT2D eigenvalue weighted by Crippen LogP contribution is 2.42. The summed E-state index contributed by atoms with van der Waals surface area (Å²) in [6, 6.07) is 18.3. The Labute approximate surface area is 143 Å². The molecule has 124 valence electrons. The number of benzene rings is 2. The topological polar surface area (TPSA) is 46.3 Å². The Morgan fingerprint density at radius 2 is 1.79 bits per heavy atom. The Bertz CT molecular complexity index is 728. The Kier molecular flexibility index (Phi) is 4.11. The summed E-state index contributed by atoms with van der Waals surface area (Å²) >= 11 is 0. The van der Waals surface area contributed by atoms with Gasteiger partial charge in [0.1, 0.15) is 0 Å². The van der Waals surface area contributed by atoms with Crippen molar-refractivity contribution in [1.82, 2.24) is 4.90 Å². The second-order valence-corrected chi connectivity index (χ2v) is 7.03. The molecule has 2 N–H and O–H groups in total. The lowest BCUT2D eigenvalue weighted by Gasteiger charge is -2.27. The van der Waals surface area contributed by atoms with Crippen LogP contribution in [0.15, 0.2) is 54.6 Å². The second-order valence-electron chi connectivity index (χ2n) is 7.03. The van der Waals surface area contributed by atoms with E-state index < -0.39 is 0 Å². The van der Waals surface area contributed by atoms with Gasteiger partial charge in [-0.1, -0.05) is 55.0 Å². The number of carbonyl (C=O) groups is 1. The number of carbonyl (C=O) groups excluding carboxylic acids is 1. The van der Waals surface area contributed by atoms with E-state index in [0.717, 1.165) is 23.2 Å². The summed E-state index contributed by atoms with van der Waals surface area (Å²) in [5, 5.41) is 0. The third kappa shape index (κ3) is 2.53. The number of fused-ring (bicyclic) bond motifs is 1. The van der Waals surface area contributed by atoms with Gasteiger partial charge in [0, 0.05) is 24.7 Å². The maximum atomic E-state index is 13.3. The predicted octanol–water partition coefficient (Wildman–Crippen LogP) is 3.55. The zero-order valence-corrected chi connectivity index (χ0v) is 13.9. The highest BCUT2D eigenvalue weighted by Gasteiger charge is 2.45. The molecular formula is C21H24N2O. The molecule has 3 atom stereocenters. The van der Waals surface area contributed by atoms with Gasteiger partial charge in [-0.05, 0) is 41.9 Å². The Morgan fingerprint density at radius 1 is 1.04 bits per heavy atom. The van der Waals surface area contributed by atoms with Gasteiger partial charge >= 0.3 is 0 Å². The van der Waals surface area contributed by atoms with Crippen molar-refractivity contribution in [1.29, 1.82) is 0 Å². The monoisotopic (exact) mass is 320 g/mol. The maximum absolute atomic E-state index is 13.3. The van der Waals surface area contributed by atoms with Crippen LogP contribution in [0.1, 0.15) is 29.6 Å². The summed E-state index contributed by atoms with van der Waals surface area (Å²) in [6.07, 6.45) is 3.75. The number of hydrogen-bond donors (Lipinski definition) is 1. The summed E-state index contributed by atoms with van der Waals surface area (Å²) in [6.45, 7) is 1.44. The van der Waals surface area contributed by atoms with Crippen LogP contribution in [0.5, 0.6) is 0 Å². The van der Waals surface area contributed by atoms with E-state index in [2.05, 4.69) is 17.0 Å². The summed E-state index contributed by atoms with van der Waals surface area (Å²) in [5.74, 6) is 1.38. The molecular weight excluding hydrogens is 296 g/mol. The molecule has 0 bridgehead atoms. The zero-order valence-electron chi connectivity index (χ0n) is 13.9. The normalized spacial score (nSPS) is 25.7. The summed E-state index contributed by atoms with van der Waals surface area (Å²) < 4.78 is 0. The minimum Gasteiger partial charge on any atom is -0.334 e. The van der Waals surface area contributed by atoms with Gasteiger partial charge in [0.05, 0.1) is 0 Å². The van der Waals surface area contributed by atoms with Crippen molar-refractivity contribution < 1.29 is 4.79 Å². The molecule has 0 aromatic heterocycles. The first-order valence-corrected chi connectivity index (χ1v) is 8.95. The molecule has 24 heavy (non-hydrogen) atoms. The van der Waals surface area contributed by atoms with E-state index in [0.29, 0.717) is 18.4 Å². The first-order valence-electron chi connectivity index (χ1n) is 8.95. The van der Waals surface area contributed by atoms with E-state index in [1.807, 2.05) is 42.5 Å². The van der Waals surface area contributed by atoms with Crippen LogP contribution < -0.4 is 5.73 Å². The first-order chi connectivity index (χ1) is 11.8. The fraction of sp³-hybridized carbons (Fsp3) is 0.381. The molecule has 1 aliphatic carbocycles. The Morgan fingerprint density at radius 3 is 2.58 bits per heavy atom. The molecule has 1 amide bonds. The molecule has 4 rings (SSSR count). The van der Waals surface area contributed by atoms with Crippen LogP contribution in [0.3, 0.4) is 0 Å². The zero-order chi connectivity index (χ0) is 16.5. The lowest BCUT2D eigenvalue weighted by atomic mass is 9.94. The van der Waals surface area contributed by atoms with Gasteiger partial charge in [-0.2, -0.15) is 0 Å². The number of nitrogens with zero attached hydrogens (tertiary/aromatic N) is 1. The standard InChI is InChI=1S/C21H24N2O/c22-13-20-18-12-6-9-16(18)14-23(20)21(24)19-11-5-4-10-17(19)15-7-2-1-3-8-15/h1-5,7-8,10-11,16,18,20H,6,9,12-14,22H2/t16-,18-,20+/m0/s1. The van der Waals surface area contributed by atoms with E-state index in [4.69, 9.17) is 5.73 Å². The van der Waals surface area contributed by atoms with Gasteiger partial charge < -0.3 is 10.6 Å². The highest BCUT2D eigenvalue weighted by molar-refractivity contribution is 6.01. The SMILES string of the molecule is NC[C@@H]1[C@H]2CCC[C@H]2CN1C(=O)c1ccccc1-c1ccccc1. The minimum absolute atomic E-state index is 0.138. The predicted molar refractivity (Wildman–Crippen MR) is 96.6 cm³/mol. The smallest absolute Gasteiger partial charge is 0.254 e. The van der Waals surface area contributed by atoms with E-state index in [1.165, 1.54) is 19.3 Å². The van der Waals surface area contributed by atoms with Crippen molar-refractivity contribution in [2.24, 2.45) is 17.6 Å². The van der Waals surface area contributed by atoms with Crippen molar-refractivity contribution >= 4 is 5.91 Å². The second kappa shape index (κ2) is 6.40. The van der Waals surface area contributed by atoms with Gasteiger partial charge in [0.2, 0.25) is 0 Å². The quantitative estimate of drug-likeness (QED) is 0.940. The van der Waals surface area contributed by atoms with E-state index >= 15 is 0 Å². The summed E-state index contributed by atoms with van der Waals surface area (Å²) in [4.78, 5) is 15.4. The molecule has 1 aliphatic heterocycles.